The number of rotatable bonds is 7. The van der Waals surface area contributed by atoms with Gasteiger partial charge in [0.2, 0.25) is 0 Å². The maximum atomic E-state index is 12.0. The summed E-state index contributed by atoms with van der Waals surface area (Å²) in [6.07, 6.45) is 0. The number of benzene rings is 1. The quantitative estimate of drug-likeness (QED) is 0.598. The SMILES string of the molecule is CCOC(=O)C1=C(CN[C@@H](C)c2ccc(OC)c(Br)c2)NC(=O)NC1. The van der Waals surface area contributed by atoms with E-state index in [0.29, 0.717) is 17.8 Å². The number of hydrogen-bond acceptors (Lipinski definition) is 5. The molecule has 0 spiro atoms. The van der Waals surface area contributed by atoms with Crippen LogP contribution >= 0.6 is 15.9 Å². The van der Waals surface area contributed by atoms with Gasteiger partial charge in [-0.2, -0.15) is 0 Å². The average Bonchev–Trinajstić information content (AvgIpc) is 2.59. The number of halogens is 1. The summed E-state index contributed by atoms with van der Waals surface area (Å²) in [7, 11) is 1.62. The second kappa shape index (κ2) is 8.87. The molecule has 0 saturated heterocycles. The van der Waals surface area contributed by atoms with Crippen molar-refractivity contribution in [3.05, 3.63) is 39.5 Å². The maximum Gasteiger partial charge on any atom is 0.337 e. The van der Waals surface area contributed by atoms with Crippen LogP contribution in [0.1, 0.15) is 25.5 Å². The van der Waals surface area contributed by atoms with Crippen LogP contribution in [-0.4, -0.2) is 38.8 Å². The van der Waals surface area contributed by atoms with E-state index in [4.69, 9.17) is 9.47 Å². The number of carbonyl (C=O) groups is 2. The zero-order valence-electron chi connectivity index (χ0n) is 14.4. The van der Waals surface area contributed by atoms with Gasteiger partial charge in [-0.05, 0) is 47.5 Å². The summed E-state index contributed by atoms with van der Waals surface area (Å²) in [6.45, 7) is 4.53. The highest BCUT2D eigenvalue weighted by atomic mass is 79.9. The Morgan fingerprint density at radius 2 is 2.20 bits per heavy atom. The van der Waals surface area contributed by atoms with Gasteiger partial charge in [-0.25, -0.2) is 9.59 Å². The zero-order valence-corrected chi connectivity index (χ0v) is 16.0. The van der Waals surface area contributed by atoms with Crippen molar-refractivity contribution in [2.45, 2.75) is 19.9 Å². The fourth-order valence-electron chi connectivity index (χ4n) is 2.42. The Hall–Kier alpha value is -2.06. The van der Waals surface area contributed by atoms with Crippen molar-refractivity contribution < 1.29 is 19.1 Å². The van der Waals surface area contributed by atoms with E-state index < -0.39 is 5.97 Å². The lowest BCUT2D eigenvalue weighted by molar-refractivity contribution is -0.138. The molecule has 0 unspecified atom stereocenters. The first-order valence-electron chi connectivity index (χ1n) is 7.97. The zero-order chi connectivity index (χ0) is 18.4. The molecule has 1 atom stereocenters. The number of carbonyl (C=O) groups excluding carboxylic acids is 2. The van der Waals surface area contributed by atoms with Crippen LogP contribution in [0.15, 0.2) is 33.9 Å². The van der Waals surface area contributed by atoms with Gasteiger partial charge in [-0.1, -0.05) is 6.07 Å². The number of amides is 2. The molecule has 1 heterocycles. The smallest absolute Gasteiger partial charge is 0.337 e. The molecule has 2 rings (SSSR count). The van der Waals surface area contributed by atoms with Crippen LogP contribution in [0.2, 0.25) is 0 Å². The predicted molar refractivity (Wildman–Crippen MR) is 97.3 cm³/mol. The van der Waals surface area contributed by atoms with Gasteiger partial charge in [0.25, 0.3) is 0 Å². The second-order valence-corrected chi connectivity index (χ2v) is 6.34. The molecule has 0 bridgehead atoms. The van der Waals surface area contributed by atoms with Crippen LogP contribution in [0.5, 0.6) is 5.75 Å². The van der Waals surface area contributed by atoms with E-state index in [-0.39, 0.29) is 25.2 Å². The van der Waals surface area contributed by atoms with Crippen molar-refractivity contribution in [2.75, 3.05) is 26.8 Å². The fourth-order valence-corrected chi connectivity index (χ4v) is 2.98. The summed E-state index contributed by atoms with van der Waals surface area (Å²) < 4.78 is 11.1. The van der Waals surface area contributed by atoms with Crippen LogP contribution in [0.25, 0.3) is 0 Å². The van der Waals surface area contributed by atoms with Crippen molar-refractivity contribution in [1.29, 1.82) is 0 Å². The average molecular weight is 412 g/mol. The normalized spacial score (nSPS) is 15.3. The highest BCUT2D eigenvalue weighted by Crippen LogP contribution is 2.28. The fraction of sp³-hybridized carbons (Fsp3) is 0.412. The van der Waals surface area contributed by atoms with E-state index in [9.17, 15) is 9.59 Å². The van der Waals surface area contributed by atoms with Gasteiger partial charge in [0, 0.05) is 18.3 Å². The topological polar surface area (TPSA) is 88.7 Å². The molecule has 7 nitrogen and oxygen atoms in total. The molecule has 136 valence electrons. The van der Waals surface area contributed by atoms with Gasteiger partial charge in [0.1, 0.15) is 5.75 Å². The minimum absolute atomic E-state index is 0.00457. The van der Waals surface area contributed by atoms with Gasteiger partial charge >= 0.3 is 12.0 Å². The Morgan fingerprint density at radius 3 is 2.84 bits per heavy atom. The largest absolute Gasteiger partial charge is 0.496 e. The van der Waals surface area contributed by atoms with Crippen LogP contribution in [0, 0.1) is 0 Å². The van der Waals surface area contributed by atoms with Crippen LogP contribution < -0.4 is 20.7 Å². The number of hydrogen-bond donors (Lipinski definition) is 3. The summed E-state index contributed by atoms with van der Waals surface area (Å²) in [5, 5.41) is 8.57. The molecule has 0 radical (unpaired) electrons. The number of nitrogens with one attached hydrogen (secondary N) is 3. The third-order valence-corrected chi connectivity index (χ3v) is 4.46. The van der Waals surface area contributed by atoms with E-state index in [1.54, 1.807) is 14.0 Å². The number of urea groups is 1. The standard InChI is InChI=1S/C17H22BrN3O4/c1-4-25-16(22)12-8-20-17(23)21-14(12)9-19-10(2)11-5-6-15(24-3)13(18)7-11/h5-7,10,19H,4,8-9H2,1-3H3,(H2,20,21,23)/t10-/m0/s1. The molecule has 0 aliphatic carbocycles. The van der Waals surface area contributed by atoms with Crippen molar-refractivity contribution in [3.63, 3.8) is 0 Å². The predicted octanol–water partition coefficient (Wildman–Crippen LogP) is 2.24. The van der Waals surface area contributed by atoms with Crippen LogP contribution in [-0.2, 0) is 9.53 Å². The summed E-state index contributed by atoms with van der Waals surface area (Å²) in [4.78, 5) is 23.6. The Kier molecular flexibility index (Phi) is 6.83. The molecule has 0 aromatic heterocycles. The first-order chi connectivity index (χ1) is 12.0. The molecule has 0 saturated carbocycles. The molecule has 0 fully saturated rings. The molecule has 1 aliphatic heterocycles. The Morgan fingerprint density at radius 1 is 1.44 bits per heavy atom. The molecule has 25 heavy (non-hydrogen) atoms. The monoisotopic (exact) mass is 411 g/mol. The lowest BCUT2D eigenvalue weighted by atomic mass is 10.1. The lowest BCUT2D eigenvalue weighted by Crippen LogP contribution is -2.46. The van der Waals surface area contributed by atoms with E-state index in [1.165, 1.54) is 0 Å². The number of esters is 1. The van der Waals surface area contributed by atoms with Gasteiger partial charge in [0.05, 0.1) is 30.3 Å². The Bertz CT molecular complexity index is 690. The molecule has 2 amide bonds. The minimum atomic E-state index is -0.424. The summed E-state index contributed by atoms with van der Waals surface area (Å²) in [6, 6.07) is 5.49. The summed E-state index contributed by atoms with van der Waals surface area (Å²) in [5.74, 6) is 0.334. The second-order valence-electron chi connectivity index (χ2n) is 5.48. The van der Waals surface area contributed by atoms with Crippen molar-refractivity contribution in [3.8, 4) is 5.75 Å². The maximum absolute atomic E-state index is 12.0. The van der Waals surface area contributed by atoms with Crippen LogP contribution in [0.3, 0.4) is 0 Å². The summed E-state index contributed by atoms with van der Waals surface area (Å²) >= 11 is 3.47. The van der Waals surface area contributed by atoms with Gasteiger partial charge in [-0.3, -0.25) is 0 Å². The number of ether oxygens (including phenoxy) is 2. The molecule has 3 N–H and O–H groups in total. The molecule has 1 aromatic rings. The molecule has 1 aliphatic rings. The Labute approximate surface area is 155 Å². The first-order valence-corrected chi connectivity index (χ1v) is 8.76. The number of methoxy groups -OCH3 is 1. The highest BCUT2D eigenvalue weighted by Gasteiger charge is 2.23. The highest BCUT2D eigenvalue weighted by molar-refractivity contribution is 9.10. The van der Waals surface area contributed by atoms with Gasteiger partial charge < -0.3 is 25.4 Å². The van der Waals surface area contributed by atoms with Crippen LogP contribution in [0.4, 0.5) is 4.79 Å². The molecular formula is C17H22BrN3O4. The third kappa shape index (κ3) is 4.96. The van der Waals surface area contributed by atoms with Gasteiger partial charge in [-0.15, -0.1) is 0 Å². The van der Waals surface area contributed by atoms with E-state index in [2.05, 4.69) is 31.9 Å². The first kappa shape index (κ1) is 19.3. The van der Waals surface area contributed by atoms with E-state index in [1.807, 2.05) is 25.1 Å². The molecular weight excluding hydrogens is 390 g/mol. The van der Waals surface area contributed by atoms with Crippen molar-refractivity contribution in [2.24, 2.45) is 0 Å². The Balaban J connectivity index is 2.09. The lowest BCUT2D eigenvalue weighted by Gasteiger charge is -2.23. The van der Waals surface area contributed by atoms with E-state index >= 15 is 0 Å². The van der Waals surface area contributed by atoms with Gasteiger partial charge in [0.15, 0.2) is 0 Å². The molecule has 1 aromatic carbocycles. The third-order valence-electron chi connectivity index (χ3n) is 3.84. The van der Waals surface area contributed by atoms with E-state index in [0.717, 1.165) is 15.8 Å². The minimum Gasteiger partial charge on any atom is -0.496 e. The summed E-state index contributed by atoms with van der Waals surface area (Å²) in [5.41, 5.74) is 2.00. The molecule has 8 heteroatoms. The van der Waals surface area contributed by atoms with Crippen molar-refractivity contribution in [1.82, 2.24) is 16.0 Å². The van der Waals surface area contributed by atoms with Crippen molar-refractivity contribution >= 4 is 27.9 Å².